The van der Waals surface area contributed by atoms with Crippen LogP contribution in [0, 0.1) is 20.8 Å². The lowest BCUT2D eigenvalue weighted by Crippen LogP contribution is -2.12. The van der Waals surface area contributed by atoms with Crippen molar-refractivity contribution in [2.75, 3.05) is 5.32 Å². The van der Waals surface area contributed by atoms with E-state index in [1.807, 2.05) is 48.9 Å². The Morgan fingerprint density at radius 2 is 1.88 bits per heavy atom. The molecule has 0 saturated carbocycles. The van der Waals surface area contributed by atoms with Gasteiger partial charge < -0.3 is 14.5 Å². The smallest absolute Gasteiger partial charge is 0.291 e. The summed E-state index contributed by atoms with van der Waals surface area (Å²) in [6.07, 6.45) is 0. The van der Waals surface area contributed by atoms with E-state index >= 15 is 0 Å². The quantitative estimate of drug-likeness (QED) is 0.340. The molecule has 2 heterocycles. The highest BCUT2D eigenvalue weighted by molar-refractivity contribution is 9.10. The molecule has 4 aromatic rings. The van der Waals surface area contributed by atoms with Crippen LogP contribution < -0.4 is 10.1 Å². The molecule has 0 aliphatic heterocycles. The monoisotopic (exact) mass is 493 g/mol. The van der Waals surface area contributed by atoms with Crippen molar-refractivity contribution in [3.8, 4) is 5.75 Å². The topological polar surface area (TPSA) is 69.3 Å². The van der Waals surface area contributed by atoms with Crippen molar-refractivity contribution >= 4 is 27.5 Å². The van der Waals surface area contributed by atoms with E-state index in [1.165, 1.54) is 5.56 Å². The summed E-state index contributed by atoms with van der Waals surface area (Å²) in [6, 6.07) is 19.2. The number of furan rings is 1. The Morgan fingerprint density at radius 1 is 1.09 bits per heavy atom. The number of amides is 1. The molecule has 2 aromatic carbocycles. The minimum absolute atomic E-state index is 0.227. The molecule has 1 amide bonds. The predicted molar refractivity (Wildman–Crippen MR) is 127 cm³/mol. The number of aromatic nitrogens is 2. The standard InChI is InChI=1S/C25H24BrN3O3/c1-16-5-4-6-19(13-16)14-29-18(3)24(17(2)28-29)27-25(30)23-12-11-22(32-23)15-31-21-9-7-20(26)8-10-21/h4-13H,14-15H2,1-3H3,(H,27,30). The van der Waals surface area contributed by atoms with Gasteiger partial charge in [0.2, 0.25) is 0 Å². The first-order valence-corrected chi connectivity index (χ1v) is 11.1. The van der Waals surface area contributed by atoms with Crippen LogP contribution in [0.25, 0.3) is 0 Å². The fraction of sp³-hybridized carbons (Fsp3) is 0.200. The maximum atomic E-state index is 12.8. The molecule has 32 heavy (non-hydrogen) atoms. The number of carbonyl (C=O) groups is 1. The van der Waals surface area contributed by atoms with Gasteiger partial charge in [-0.25, -0.2) is 0 Å². The lowest BCUT2D eigenvalue weighted by atomic mass is 10.1. The molecule has 0 aliphatic rings. The first-order chi connectivity index (χ1) is 15.4. The van der Waals surface area contributed by atoms with Crippen molar-refractivity contribution in [2.45, 2.75) is 33.9 Å². The van der Waals surface area contributed by atoms with Crippen LogP contribution in [0.4, 0.5) is 5.69 Å². The van der Waals surface area contributed by atoms with E-state index in [-0.39, 0.29) is 18.3 Å². The Bertz CT molecular complexity index is 1240. The van der Waals surface area contributed by atoms with Crippen molar-refractivity contribution in [1.29, 1.82) is 0 Å². The summed E-state index contributed by atoms with van der Waals surface area (Å²) in [5.74, 6) is 1.20. The lowest BCUT2D eigenvalue weighted by Gasteiger charge is -2.07. The number of nitrogens with zero attached hydrogens (tertiary/aromatic N) is 2. The molecule has 6 nitrogen and oxygen atoms in total. The summed E-state index contributed by atoms with van der Waals surface area (Å²) in [7, 11) is 0. The zero-order valence-electron chi connectivity index (χ0n) is 18.2. The maximum Gasteiger partial charge on any atom is 0.291 e. The molecule has 1 N–H and O–H groups in total. The predicted octanol–water partition coefficient (Wildman–Crippen LogP) is 6.04. The lowest BCUT2D eigenvalue weighted by molar-refractivity contribution is 0.0992. The van der Waals surface area contributed by atoms with Gasteiger partial charge >= 0.3 is 0 Å². The van der Waals surface area contributed by atoms with Crippen molar-refractivity contribution in [1.82, 2.24) is 9.78 Å². The van der Waals surface area contributed by atoms with E-state index < -0.39 is 0 Å². The van der Waals surface area contributed by atoms with Crippen LogP contribution in [0.2, 0.25) is 0 Å². The van der Waals surface area contributed by atoms with E-state index in [0.717, 1.165) is 27.2 Å². The van der Waals surface area contributed by atoms with Crippen molar-refractivity contribution in [3.05, 3.63) is 99.2 Å². The summed E-state index contributed by atoms with van der Waals surface area (Å²) in [6.45, 7) is 6.78. The number of hydrogen-bond acceptors (Lipinski definition) is 4. The van der Waals surface area contributed by atoms with Gasteiger partial charge in [-0.2, -0.15) is 5.10 Å². The van der Waals surface area contributed by atoms with Crippen molar-refractivity contribution in [3.63, 3.8) is 0 Å². The van der Waals surface area contributed by atoms with Gasteiger partial charge in [0.15, 0.2) is 5.76 Å². The SMILES string of the molecule is Cc1cccc(Cn2nc(C)c(NC(=O)c3ccc(COc4ccc(Br)cc4)o3)c2C)c1. The molecule has 0 fully saturated rings. The third-order valence-corrected chi connectivity index (χ3v) is 5.64. The molecular weight excluding hydrogens is 470 g/mol. The molecule has 7 heteroatoms. The number of carbonyl (C=O) groups excluding carboxylic acids is 1. The Kier molecular flexibility index (Phi) is 6.46. The number of ether oxygens (including phenoxy) is 1. The second-order valence-corrected chi connectivity index (χ2v) is 8.57. The number of halogens is 1. The fourth-order valence-electron chi connectivity index (χ4n) is 3.45. The van der Waals surface area contributed by atoms with Gasteiger partial charge in [0.25, 0.3) is 5.91 Å². The van der Waals surface area contributed by atoms with E-state index in [1.54, 1.807) is 12.1 Å². The zero-order valence-corrected chi connectivity index (χ0v) is 19.8. The van der Waals surface area contributed by atoms with Gasteiger partial charge in [-0.1, -0.05) is 45.8 Å². The Hall–Kier alpha value is -3.32. The number of hydrogen-bond donors (Lipinski definition) is 1. The van der Waals surface area contributed by atoms with Crippen LogP contribution in [0.15, 0.2) is 69.6 Å². The number of aryl methyl sites for hydroxylation is 2. The first kappa shape index (κ1) is 21.9. The van der Waals surface area contributed by atoms with Gasteiger partial charge in [-0.3, -0.25) is 9.48 Å². The summed E-state index contributed by atoms with van der Waals surface area (Å²) < 4.78 is 14.3. The average molecular weight is 494 g/mol. The Balaban J connectivity index is 1.41. The highest BCUT2D eigenvalue weighted by Gasteiger charge is 2.18. The van der Waals surface area contributed by atoms with Crippen LogP contribution in [0.3, 0.4) is 0 Å². The Labute approximate surface area is 195 Å². The van der Waals surface area contributed by atoms with Crippen molar-refractivity contribution < 1.29 is 13.9 Å². The molecule has 2 aromatic heterocycles. The molecule has 4 rings (SSSR count). The highest BCUT2D eigenvalue weighted by Crippen LogP contribution is 2.23. The second kappa shape index (κ2) is 9.44. The highest BCUT2D eigenvalue weighted by atomic mass is 79.9. The van der Waals surface area contributed by atoms with Gasteiger partial charge in [0.05, 0.1) is 23.6 Å². The number of nitrogens with one attached hydrogen (secondary N) is 1. The third-order valence-electron chi connectivity index (χ3n) is 5.12. The minimum atomic E-state index is -0.318. The van der Waals surface area contributed by atoms with Gasteiger partial charge in [-0.15, -0.1) is 0 Å². The summed E-state index contributed by atoms with van der Waals surface area (Å²) in [5, 5.41) is 7.55. The van der Waals surface area contributed by atoms with E-state index in [2.05, 4.69) is 51.5 Å². The largest absolute Gasteiger partial charge is 0.486 e. The van der Waals surface area contributed by atoms with E-state index in [9.17, 15) is 4.79 Å². The molecule has 0 saturated heterocycles. The fourth-order valence-corrected chi connectivity index (χ4v) is 3.72. The summed E-state index contributed by atoms with van der Waals surface area (Å²) in [4.78, 5) is 12.8. The van der Waals surface area contributed by atoms with Gasteiger partial charge in [0.1, 0.15) is 18.1 Å². The third kappa shape index (κ3) is 5.11. The van der Waals surface area contributed by atoms with Crippen LogP contribution in [-0.2, 0) is 13.2 Å². The number of anilines is 1. The normalized spacial score (nSPS) is 10.9. The van der Waals surface area contributed by atoms with Crippen LogP contribution in [0.5, 0.6) is 5.75 Å². The molecule has 0 bridgehead atoms. The summed E-state index contributed by atoms with van der Waals surface area (Å²) in [5.41, 5.74) is 4.72. The van der Waals surface area contributed by atoms with Crippen LogP contribution in [0.1, 0.15) is 38.8 Å². The van der Waals surface area contributed by atoms with Gasteiger partial charge in [0, 0.05) is 4.47 Å². The zero-order chi connectivity index (χ0) is 22.7. The second-order valence-electron chi connectivity index (χ2n) is 7.66. The average Bonchev–Trinajstić information content (AvgIpc) is 3.34. The van der Waals surface area contributed by atoms with Crippen molar-refractivity contribution in [2.24, 2.45) is 0 Å². The Morgan fingerprint density at radius 3 is 2.62 bits per heavy atom. The summed E-state index contributed by atoms with van der Waals surface area (Å²) >= 11 is 3.39. The molecule has 0 aliphatic carbocycles. The molecule has 0 atom stereocenters. The number of benzene rings is 2. The molecule has 0 spiro atoms. The first-order valence-electron chi connectivity index (χ1n) is 10.3. The van der Waals surface area contributed by atoms with E-state index in [0.29, 0.717) is 18.0 Å². The minimum Gasteiger partial charge on any atom is -0.486 e. The van der Waals surface area contributed by atoms with Crippen LogP contribution in [-0.4, -0.2) is 15.7 Å². The molecule has 0 unspecified atom stereocenters. The molecular formula is C25H24BrN3O3. The van der Waals surface area contributed by atoms with Gasteiger partial charge in [-0.05, 0) is 62.7 Å². The van der Waals surface area contributed by atoms with E-state index in [4.69, 9.17) is 9.15 Å². The number of rotatable bonds is 7. The molecule has 0 radical (unpaired) electrons. The molecule has 164 valence electrons. The maximum absolute atomic E-state index is 12.8. The van der Waals surface area contributed by atoms with Crippen LogP contribution >= 0.6 is 15.9 Å².